The normalized spacial score (nSPS) is 16.9. The van der Waals surface area contributed by atoms with Crippen LogP contribution in [0.2, 0.25) is 0 Å². The van der Waals surface area contributed by atoms with Crippen molar-refractivity contribution in [1.29, 1.82) is 0 Å². The Morgan fingerprint density at radius 1 is 0.972 bits per heavy atom. The zero-order chi connectivity index (χ0) is 26.1. The van der Waals surface area contributed by atoms with Crippen molar-refractivity contribution in [3.63, 3.8) is 0 Å². The maximum atomic E-state index is 13.6. The molecule has 1 aromatic heterocycles. The lowest BCUT2D eigenvalue weighted by Crippen LogP contribution is -2.34. The second-order valence-electron chi connectivity index (χ2n) is 12.0. The van der Waals surface area contributed by atoms with Gasteiger partial charge in [0.1, 0.15) is 5.76 Å². The molecular formula is C33H43NO2. The van der Waals surface area contributed by atoms with Crippen LogP contribution in [0.4, 0.5) is 0 Å². The van der Waals surface area contributed by atoms with Gasteiger partial charge >= 0.3 is 0 Å². The van der Waals surface area contributed by atoms with Crippen LogP contribution in [-0.2, 0) is 17.3 Å². The van der Waals surface area contributed by atoms with Crippen LogP contribution in [0.15, 0.2) is 59.0 Å². The Kier molecular flexibility index (Phi) is 7.50. The number of carbonyl (C=O) groups is 1. The van der Waals surface area contributed by atoms with Gasteiger partial charge in [-0.15, -0.1) is 0 Å². The largest absolute Gasteiger partial charge is 0.456 e. The second-order valence-corrected chi connectivity index (χ2v) is 12.0. The molecule has 3 aromatic rings. The van der Waals surface area contributed by atoms with Crippen LogP contribution in [0.3, 0.4) is 0 Å². The molecule has 1 heterocycles. The first-order valence-electron chi connectivity index (χ1n) is 13.6. The lowest BCUT2D eigenvalue weighted by molar-refractivity contribution is 0.0653. The molecule has 3 heteroatoms. The summed E-state index contributed by atoms with van der Waals surface area (Å²) in [6, 6.07) is 18.9. The summed E-state index contributed by atoms with van der Waals surface area (Å²) in [5.41, 5.74) is 7.05. The lowest BCUT2D eigenvalue weighted by Gasteiger charge is -2.42. The Morgan fingerprint density at radius 2 is 1.61 bits per heavy atom. The number of furan rings is 1. The predicted molar refractivity (Wildman–Crippen MR) is 149 cm³/mol. The number of aryl methyl sites for hydroxylation is 1. The summed E-state index contributed by atoms with van der Waals surface area (Å²) in [6.45, 7) is 16.6. The third-order valence-electron chi connectivity index (χ3n) is 8.31. The zero-order valence-corrected chi connectivity index (χ0v) is 23.3. The average Bonchev–Trinajstić information content (AvgIpc) is 3.32. The molecule has 0 N–H and O–H groups in total. The Hall–Kier alpha value is -2.81. The van der Waals surface area contributed by atoms with E-state index in [9.17, 15) is 4.79 Å². The van der Waals surface area contributed by atoms with E-state index in [1.54, 1.807) is 0 Å². The highest BCUT2D eigenvalue weighted by Gasteiger charge is 2.37. The highest BCUT2D eigenvalue weighted by Crippen LogP contribution is 2.46. The fourth-order valence-electron chi connectivity index (χ4n) is 5.59. The van der Waals surface area contributed by atoms with E-state index in [1.807, 2.05) is 35.2 Å². The van der Waals surface area contributed by atoms with Crippen molar-refractivity contribution in [3.8, 4) is 0 Å². The number of hydrogen-bond acceptors (Lipinski definition) is 2. The van der Waals surface area contributed by atoms with Crippen LogP contribution < -0.4 is 0 Å². The van der Waals surface area contributed by atoms with Gasteiger partial charge < -0.3 is 9.32 Å². The van der Waals surface area contributed by atoms with Crippen molar-refractivity contribution in [3.05, 3.63) is 93.9 Å². The third-order valence-corrected chi connectivity index (χ3v) is 8.31. The molecule has 0 aliphatic heterocycles. The Bertz CT molecular complexity index is 1200. The number of nitrogens with zero attached hydrogens (tertiary/aromatic N) is 1. The summed E-state index contributed by atoms with van der Waals surface area (Å²) in [5.74, 6) is 1.24. The number of rotatable bonds is 8. The first-order valence-corrected chi connectivity index (χ1v) is 13.6. The molecule has 1 unspecified atom stereocenters. The van der Waals surface area contributed by atoms with Gasteiger partial charge in [0.25, 0.3) is 5.91 Å². The Labute approximate surface area is 217 Å². The minimum Gasteiger partial charge on any atom is -0.456 e. The quantitative estimate of drug-likeness (QED) is 0.320. The topological polar surface area (TPSA) is 33.5 Å². The van der Waals surface area contributed by atoms with Gasteiger partial charge in [-0.1, -0.05) is 83.5 Å². The second kappa shape index (κ2) is 10.3. The summed E-state index contributed by atoms with van der Waals surface area (Å²) < 4.78 is 6.20. The van der Waals surface area contributed by atoms with E-state index in [-0.39, 0.29) is 22.8 Å². The number of amides is 1. The molecule has 1 aliphatic rings. The maximum absolute atomic E-state index is 13.6. The number of benzene rings is 2. The standard InChI is InChI=1S/C33H43NO2/c1-8-9-19-34(24(3)25-13-11-10-12-14-25)31(35)30-16-15-27(36-30)21-26-22-29-28(20-23(26)2)32(4,5)17-18-33(29,6)7/h10-16,20,22,24H,8-9,17-19,21H2,1-7H3. The molecule has 0 radical (unpaired) electrons. The molecule has 1 aliphatic carbocycles. The van der Waals surface area contributed by atoms with Crippen LogP contribution in [0.5, 0.6) is 0 Å². The molecule has 0 saturated carbocycles. The molecule has 0 spiro atoms. The summed E-state index contributed by atoms with van der Waals surface area (Å²) in [7, 11) is 0. The van der Waals surface area contributed by atoms with Gasteiger partial charge in [0, 0.05) is 13.0 Å². The number of hydrogen-bond donors (Lipinski definition) is 0. The van der Waals surface area contributed by atoms with Crippen molar-refractivity contribution < 1.29 is 9.21 Å². The fourth-order valence-corrected chi connectivity index (χ4v) is 5.59. The van der Waals surface area contributed by atoms with E-state index < -0.39 is 0 Å². The smallest absolute Gasteiger partial charge is 0.290 e. The van der Waals surface area contributed by atoms with Gasteiger partial charge in [-0.25, -0.2) is 0 Å². The van der Waals surface area contributed by atoms with Gasteiger partial charge in [-0.3, -0.25) is 4.79 Å². The lowest BCUT2D eigenvalue weighted by atomic mass is 9.62. The summed E-state index contributed by atoms with van der Waals surface area (Å²) >= 11 is 0. The highest BCUT2D eigenvalue weighted by atomic mass is 16.4. The SMILES string of the molecule is CCCCN(C(=O)c1ccc(Cc2cc3c(cc2C)C(C)(C)CCC3(C)C)o1)C(C)c1ccccc1. The van der Waals surface area contributed by atoms with Crippen molar-refractivity contribution in [2.45, 2.75) is 97.4 Å². The number of unbranched alkanes of at least 4 members (excludes halogenated alkanes) is 1. The molecule has 36 heavy (non-hydrogen) atoms. The van der Waals surface area contributed by atoms with E-state index in [4.69, 9.17) is 4.42 Å². The third kappa shape index (κ3) is 5.31. The molecule has 2 aromatic carbocycles. The zero-order valence-electron chi connectivity index (χ0n) is 23.3. The minimum absolute atomic E-state index is 0.00715. The minimum atomic E-state index is -0.0314. The highest BCUT2D eigenvalue weighted by molar-refractivity contribution is 5.91. The molecule has 0 bridgehead atoms. The molecule has 0 saturated heterocycles. The van der Waals surface area contributed by atoms with E-state index in [1.165, 1.54) is 35.1 Å². The first-order chi connectivity index (χ1) is 17.0. The van der Waals surface area contributed by atoms with Crippen LogP contribution in [0.1, 0.15) is 117 Å². The average molecular weight is 486 g/mol. The molecule has 1 atom stereocenters. The molecule has 4 rings (SSSR count). The molecule has 3 nitrogen and oxygen atoms in total. The van der Waals surface area contributed by atoms with Gasteiger partial charge in [-0.2, -0.15) is 0 Å². The fraction of sp³-hybridized carbons (Fsp3) is 0.485. The molecule has 0 fully saturated rings. The first kappa shape index (κ1) is 26.3. The van der Waals surface area contributed by atoms with Gasteiger partial charge in [0.05, 0.1) is 6.04 Å². The van der Waals surface area contributed by atoms with Gasteiger partial charge in [0.15, 0.2) is 5.76 Å². The monoisotopic (exact) mass is 485 g/mol. The number of fused-ring (bicyclic) bond motifs is 1. The van der Waals surface area contributed by atoms with E-state index in [0.717, 1.165) is 30.7 Å². The van der Waals surface area contributed by atoms with E-state index in [2.05, 4.69) is 72.7 Å². The van der Waals surface area contributed by atoms with E-state index >= 15 is 0 Å². The number of carbonyl (C=O) groups excluding carboxylic acids is 1. The summed E-state index contributed by atoms with van der Waals surface area (Å²) in [4.78, 5) is 15.5. The predicted octanol–water partition coefficient (Wildman–Crippen LogP) is 8.53. The van der Waals surface area contributed by atoms with E-state index in [0.29, 0.717) is 12.2 Å². The maximum Gasteiger partial charge on any atom is 0.290 e. The molecular weight excluding hydrogens is 442 g/mol. The van der Waals surface area contributed by atoms with Gasteiger partial charge in [0.2, 0.25) is 0 Å². The van der Waals surface area contributed by atoms with Crippen molar-refractivity contribution >= 4 is 5.91 Å². The van der Waals surface area contributed by atoms with Crippen molar-refractivity contribution in [1.82, 2.24) is 4.90 Å². The molecule has 1 amide bonds. The van der Waals surface area contributed by atoms with Crippen LogP contribution >= 0.6 is 0 Å². The van der Waals surface area contributed by atoms with Gasteiger partial charge in [-0.05, 0) is 83.9 Å². The Balaban J connectivity index is 1.59. The Morgan fingerprint density at radius 3 is 2.25 bits per heavy atom. The van der Waals surface area contributed by atoms with Crippen LogP contribution in [0.25, 0.3) is 0 Å². The van der Waals surface area contributed by atoms with Crippen LogP contribution in [-0.4, -0.2) is 17.4 Å². The molecule has 192 valence electrons. The summed E-state index contributed by atoms with van der Waals surface area (Å²) in [5, 5.41) is 0. The van der Waals surface area contributed by atoms with Crippen LogP contribution in [0, 0.1) is 6.92 Å². The van der Waals surface area contributed by atoms with Crippen molar-refractivity contribution in [2.75, 3.05) is 6.54 Å². The summed E-state index contributed by atoms with van der Waals surface area (Å²) in [6.07, 6.45) is 5.12. The van der Waals surface area contributed by atoms with Crippen molar-refractivity contribution in [2.24, 2.45) is 0 Å².